The van der Waals surface area contributed by atoms with Gasteiger partial charge in [-0.2, -0.15) is 0 Å². The van der Waals surface area contributed by atoms with Crippen molar-refractivity contribution in [3.63, 3.8) is 0 Å². The molecular formula is C13H15NO5. The van der Waals surface area contributed by atoms with Crippen molar-refractivity contribution in [3.8, 4) is 11.5 Å². The molecule has 0 unspecified atom stereocenters. The molecular weight excluding hydrogens is 250 g/mol. The molecule has 0 aliphatic carbocycles. The molecule has 1 aliphatic rings. The Labute approximate surface area is 110 Å². The number of ether oxygens (including phenoxy) is 3. The quantitative estimate of drug-likeness (QED) is 0.657. The van der Waals surface area contributed by atoms with Crippen molar-refractivity contribution in [2.24, 2.45) is 0 Å². The van der Waals surface area contributed by atoms with Crippen LogP contribution in [0.4, 0.5) is 5.69 Å². The lowest BCUT2D eigenvalue weighted by Gasteiger charge is -2.18. The first-order valence-corrected chi connectivity index (χ1v) is 6.04. The smallest absolute Gasteiger partial charge is 0.315 e. The Bertz CT molecular complexity index is 486. The summed E-state index contributed by atoms with van der Waals surface area (Å²) in [7, 11) is 0. The van der Waals surface area contributed by atoms with Gasteiger partial charge in [0.05, 0.1) is 6.61 Å². The van der Waals surface area contributed by atoms with Crippen LogP contribution in [-0.2, 0) is 14.3 Å². The number of benzene rings is 1. The van der Waals surface area contributed by atoms with E-state index in [9.17, 15) is 9.59 Å². The van der Waals surface area contributed by atoms with Crippen LogP contribution < -0.4 is 14.8 Å². The topological polar surface area (TPSA) is 73.9 Å². The summed E-state index contributed by atoms with van der Waals surface area (Å²) in [6.07, 6.45) is -0.303. The molecule has 102 valence electrons. The van der Waals surface area contributed by atoms with Crippen molar-refractivity contribution < 1.29 is 23.8 Å². The number of hydrogen-bond acceptors (Lipinski definition) is 5. The molecule has 1 aliphatic heterocycles. The number of carbonyl (C=O) groups excluding carboxylic acids is 2. The molecule has 0 bridgehead atoms. The molecule has 1 N–H and O–H groups in total. The zero-order chi connectivity index (χ0) is 13.7. The van der Waals surface area contributed by atoms with E-state index in [0.717, 1.165) is 0 Å². The van der Waals surface area contributed by atoms with Crippen LogP contribution in [0.15, 0.2) is 18.2 Å². The highest BCUT2D eigenvalue weighted by molar-refractivity contribution is 6.02. The van der Waals surface area contributed by atoms with Gasteiger partial charge in [0.2, 0.25) is 5.91 Å². The predicted octanol–water partition coefficient (Wildman–Crippen LogP) is 1.35. The normalized spacial score (nSPS) is 12.7. The van der Waals surface area contributed by atoms with Crippen LogP contribution in [0.5, 0.6) is 11.5 Å². The van der Waals surface area contributed by atoms with Gasteiger partial charge < -0.3 is 19.5 Å². The van der Waals surface area contributed by atoms with E-state index in [1.807, 2.05) is 0 Å². The lowest BCUT2D eigenvalue weighted by molar-refractivity contribution is -0.145. The molecule has 0 aromatic heterocycles. The van der Waals surface area contributed by atoms with Gasteiger partial charge >= 0.3 is 5.97 Å². The minimum Gasteiger partial charge on any atom is -0.486 e. The van der Waals surface area contributed by atoms with Crippen LogP contribution in [0.25, 0.3) is 0 Å². The number of carbonyl (C=O) groups is 2. The maximum atomic E-state index is 11.6. The van der Waals surface area contributed by atoms with Gasteiger partial charge in [0.1, 0.15) is 19.6 Å². The van der Waals surface area contributed by atoms with E-state index in [-0.39, 0.29) is 13.0 Å². The number of amides is 1. The van der Waals surface area contributed by atoms with Crippen LogP contribution in [0.1, 0.15) is 13.3 Å². The Hall–Kier alpha value is -2.24. The van der Waals surface area contributed by atoms with Gasteiger partial charge in [-0.05, 0) is 19.1 Å². The van der Waals surface area contributed by atoms with E-state index >= 15 is 0 Å². The Balaban J connectivity index is 1.95. The highest BCUT2D eigenvalue weighted by atomic mass is 16.6. The van der Waals surface area contributed by atoms with Gasteiger partial charge in [-0.25, -0.2) is 0 Å². The lowest BCUT2D eigenvalue weighted by Crippen LogP contribution is -2.19. The van der Waals surface area contributed by atoms with Gasteiger partial charge in [0, 0.05) is 11.8 Å². The Morgan fingerprint density at radius 3 is 2.74 bits per heavy atom. The summed E-state index contributed by atoms with van der Waals surface area (Å²) in [5.74, 6) is 0.266. The van der Waals surface area contributed by atoms with Crippen LogP contribution in [0.2, 0.25) is 0 Å². The van der Waals surface area contributed by atoms with Crippen molar-refractivity contribution in [1.29, 1.82) is 0 Å². The number of hydrogen-bond donors (Lipinski definition) is 1. The van der Waals surface area contributed by atoms with Gasteiger partial charge in [-0.1, -0.05) is 0 Å². The first-order chi connectivity index (χ1) is 9.19. The van der Waals surface area contributed by atoms with Gasteiger partial charge in [0.15, 0.2) is 11.5 Å². The second-order valence-electron chi connectivity index (χ2n) is 3.89. The number of anilines is 1. The molecule has 0 fully saturated rings. The van der Waals surface area contributed by atoms with Gasteiger partial charge in [-0.3, -0.25) is 9.59 Å². The molecule has 2 rings (SSSR count). The van der Waals surface area contributed by atoms with Crippen LogP contribution in [0.3, 0.4) is 0 Å². The molecule has 0 saturated carbocycles. The van der Waals surface area contributed by atoms with Crippen molar-refractivity contribution in [3.05, 3.63) is 18.2 Å². The first kappa shape index (κ1) is 13.2. The number of esters is 1. The van der Waals surface area contributed by atoms with Gasteiger partial charge in [-0.15, -0.1) is 0 Å². The summed E-state index contributed by atoms with van der Waals surface area (Å²) < 4.78 is 15.5. The lowest BCUT2D eigenvalue weighted by atomic mass is 10.2. The average molecular weight is 265 g/mol. The number of fused-ring (bicyclic) bond motifs is 1. The molecule has 0 radical (unpaired) electrons. The van der Waals surface area contributed by atoms with E-state index < -0.39 is 11.9 Å². The molecule has 1 heterocycles. The summed E-state index contributed by atoms with van der Waals surface area (Å²) in [6.45, 7) is 2.95. The third-order valence-corrected chi connectivity index (χ3v) is 2.44. The average Bonchev–Trinajstić information content (AvgIpc) is 2.38. The van der Waals surface area contributed by atoms with Gasteiger partial charge in [0.25, 0.3) is 0 Å². The van der Waals surface area contributed by atoms with Crippen LogP contribution in [0, 0.1) is 0 Å². The maximum absolute atomic E-state index is 11.6. The molecule has 0 spiro atoms. The van der Waals surface area contributed by atoms with Crippen molar-refractivity contribution in [2.45, 2.75) is 13.3 Å². The minimum atomic E-state index is -0.544. The molecule has 6 heteroatoms. The third-order valence-electron chi connectivity index (χ3n) is 2.44. The summed E-state index contributed by atoms with van der Waals surface area (Å²) in [6, 6.07) is 5.07. The molecule has 0 atom stereocenters. The monoisotopic (exact) mass is 265 g/mol. The molecule has 1 aromatic carbocycles. The minimum absolute atomic E-state index is 0.260. The van der Waals surface area contributed by atoms with E-state index in [1.54, 1.807) is 25.1 Å². The predicted molar refractivity (Wildman–Crippen MR) is 67.3 cm³/mol. The molecule has 6 nitrogen and oxygen atoms in total. The van der Waals surface area contributed by atoms with E-state index in [2.05, 4.69) is 5.32 Å². The SMILES string of the molecule is CCOC(=O)CC(=O)Nc1ccc2c(c1)OCCO2. The van der Waals surface area contributed by atoms with E-state index in [0.29, 0.717) is 30.4 Å². The fourth-order valence-electron chi connectivity index (χ4n) is 1.67. The number of rotatable bonds is 4. The summed E-state index contributed by atoms with van der Waals surface area (Å²) >= 11 is 0. The summed E-state index contributed by atoms with van der Waals surface area (Å²) in [5.41, 5.74) is 0.554. The maximum Gasteiger partial charge on any atom is 0.315 e. The zero-order valence-corrected chi connectivity index (χ0v) is 10.6. The Morgan fingerprint density at radius 2 is 2.00 bits per heavy atom. The molecule has 1 aromatic rings. The fourth-order valence-corrected chi connectivity index (χ4v) is 1.67. The summed E-state index contributed by atoms with van der Waals surface area (Å²) in [5, 5.41) is 2.61. The fraction of sp³-hybridized carbons (Fsp3) is 0.385. The van der Waals surface area contributed by atoms with Crippen LogP contribution in [-0.4, -0.2) is 31.7 Å². The Kier molecular flexibility index (Phi) is 4.22. The molecule has 0 saturated heterocycles. The van der Waals surface area contributed by atoms with E-state index in [4.69, 9.17) is 14.2 Å². The standard InChI is InChI=1S/C13H15NO5/c1-2-17-13(16)8-12(15)14-9-3-4-10-11(7-9)19-6-5-18-10/h3-4,7H,2,5-6,8H2,1H3,(H,14,15). The molecule has 19 heavy (non-hydrogen) atoms. The van der Waals surface area contributed by atoms with Crippen molar-refractivity contribution >= 4 is 17.6 Å². The van der Waals surface area contributed by atoms with E-state index in [1.165, 1.54) is 0 Å². The number of nitrogens with one attached hydrogen (secondary N) is 1. The highest BCUT2D eigenvalue weighted by Gasteiger charge is 2.14. The third kappa shape index (κ3) is 3.61. The zero-order valence-electron chi connectivity index (χ0n) is 10.6. The van der Waals surface area contributed by atoms with Crippen LogP contribution >= 0.6 is 0 Å². The first-order valence-electron chi connectivity index (χ1n) is 6.04. The Morgan fingerprint density at radius 1 is 1.26 bits per heavy atom. The second kappa shape index (κ2) is 6.08. The summed E-state index contributed by atoms with van der Waals surface area (Å²) in [4.78, 5) is 22.7. The second-order valence-corrected chi connectivity index (χ2v) is 3.89. The van der Waals surface area contributed by atoms with Crippen molar-refractivity contribution in [2.75, 3.05) is 25.1 Å². The largest absolute Gasteiger partial charge is 0.486 e. The molecule has 1 amide bonds. The van der Waals surface area contributed by atoms with Crippen molar-refractivity contribution in [1.82, 2.24) is 0 Å². The highest BCUT2D eigenvalue weighted by Crippen LogP contribution is 2.32.